The van der Waals surface area contributed by atoms with E-state index < -0.39 is 6.10 Å². The van der Waals surface area contributed by atoms with Gasteiger partial charge in [-0.1, -0.05) is 12.1 Å². The number of aromatic hydroxyl groups is 1. The van der Waals surface area contributed by atoms with Gasteiger partial charge < -0.3 is 20.6 Å². The molecule has 0 aliphatic rings. The van der Waals surface area contributed by atoms with Crippen LogP contribution in [0.1, 0.15) is 18.6 Å². The molecule has 0 aliphatic heterocycles. The molecule has 0 amide bonds. The smallest absolute Gasteiger partial charge is 0.115 e. The summed E-state index contributed by atoms with van der Waals surface area (Å²) >= 11 is 0. The molecule has 0 saturated carbocycles. The van der Waals surface area contributed by atoms with Crippen LogP contribution in [-0.4, -0.2) is 34.5 Å². The topological polar surface area (TPSA) is 72.7 Å². The normalized spacial score (nSPS) is 14.9. The fraction of sp³-hybridized carbons (Fsp3) is 0.455. The summed E-state index contributed by atoms with van der Waals surface area (Å²) in [4.78, 5) is 0. The molecule has 0 heterocycles. The highest BCUT2D eigenvalue weighted by molar-refractivity contribution is 5.27. The van der Waals surface area contributed by atoms with Crippen LogP contribution in [0, 0.1) is 0 Å². The third-order valence-electron chi connectivity index (χ3n) is 2.29. The molecule has 1 rings (SSSR count). The second-order valence-corrected chi connectivity index (χ2v) is 3.50. The Kier molecular flexibility index (Phi) is 4.55. The molecule has 0 aliphatic carbocycles. The van der Waals surface area contributed by atoms with E-state index in [0.29, 0.717) is 6.54 Å². The van der Waals surface area contributed by atoms with Crippen LogP contribution in [0.2, 0.25) is 0 Å². The van der Waals surface area contributed by atoms with Gasteiger partial charge in [-0.2, -0.15) is 0 Å². The summed E-state index contributed by atoms with van der Waals surface area (Å²) in [5.74, 6) is 0.182. The predicted molar refractivity (Wildman–Crippen MR) is 57.6 cm³/mol. The number of hydrogen-bond acceptors (Lipinski definition) is 4. The second kappa shape index (κ2) is 5.70. The molecule has 4 heteroatoms. The molecule has 84 valence electrons. The third kappa shape index (κ3) is 3.51. The Bertz CT molecular complexity index is 286. The Morgan fingerprint density at radius 2 is 1.87 bits per heavy atom. The highest BCUT2D eigenvalue weighted by atomic mass is 16.3. The van der Waals surface area contributed by atoms with Crippen molar-refractivity contribution in [2.45, 2.75) is 19.1 Å². The van der Waals surface area contributed by atoms with Crippen LogP contribution in [0.5, 0.6) is 5.75 Å². The standard InChI is InChI=1S/C11H17NO3/c1-8(12-6-7-13)11(15)9-2-4-10(14)5-3-9/h2-5,8,11-15H,6-7H2,1H3. The van der Waals surface area contributed by atoms with Crippen molar-refractivity contribution in [1.82, 2.24) is 5.32 Å². The number of benzene rings is 1. The van der Waals surface area contributed by atoms with Gasteiger partial charge in [-0.25, -0.2) is 0 Å². The Hall–Kier alpha value is -1.10. The van der Waals surface area contributed by atoms with Crippen molar-refractivity contribution in [2.75, 3.05) is 13.2 Å². The summed E-state index contributed by atoms with van der Waals surface area (Å²) in [5, 5.41) is 30.6. The summed E-state index contributed by atoms with van der Waals surface area (Å²) in [7, 11) is 0. The van der Waals surface area contributed by atoms with E-state index >= 15 is 0 Å². The lowest BCUT2D eigenvalue weighted by atomic mass is 10.0. The van der Waals surface area contributed by atoms with Crippen LogP contribution < -0.4 is 5.32 Å². The number of aliphatic hydroxyl groups excluding tert-OH is 2. The fourth-order valence-electron chi connectivity index (χ4n) is 1.36. The zero-order valence-corrected chi connectivity index (χ0v) is 8.72. The van der Waals surface area contributed by atoms with Crippen molar-refractivity contribution in [3.05, 3.63) is 29.8 Å². The number of hydrogen-bond donors (Lipinski definition) is 4. The zero-order chi connectivity index (χ0) is 11.3. The first kappa shape index (κ1) is 12.0. The molecule has 4 nitrogen and oxygen atoms in total. The van der Waals surface area contributed by atoms with Crippen molar-refractivity contribution < 1.29 is 15.3 Å². The maximum Gasteiger partial charge on any atom is 0.115 e. The lowest BCUT2D eigenvalue weighted by molar-refractivity contribution is 0.132. The van der Waals surface area contributed by atoms with E-state index in [4.69, 9.17) is 10.2 Å². The average Bonchev–Trinajstić information content (AvgIpc) is 2.26. The van der Waals surface area contributed by atoms with Crippen molar-refractivity contribution >= 4 is 0 Å². The van der Waals surface area contributed by atoms with Crippen LogP contribution in [0.4, 0.5) is 0 Å². The predicted octanol–water partition coefficient (Wildman–Crippen LogP) is 0.396. The summed E-state index contributed by atoms with van der Waals surface area (Å²) < 4.78 is 0. The van der Waals surface area contributed by atoms with E-state index in [1.165, 1.54) is 12.1 Å². The summed E-state index contributed by atoms with van der Waals surface area (Å²) in [6.45, 7) is 2.34. The van der Waals surface area contributed by atoms with Gasteiger partial charge in [-0.05, 0) is 24.6 Å². The summed E-state index contributed by atoms with van der Waals surface area (Å²) in [5.41, 5.74) is 0.741. The lowest BCUT2D eigenvalue weighted by Gasteiger charge is -2.20. The number of aliphatic hydroxyl groups is 2. The van der Waals surface area contributed by atoms with E-state index in [1.54, 1.807) is 12.1 Å². The number of nitrogens with one attached hydrogen (secondary N) is 1. The minimum Gasteiger partial charge on any atom is -0.508 e. The van der Waals surface area contributed by atoms with E-state index in [0.717, 1.165) is 5.56 Å². The molecule has 2 atom stereocenters. The van der Waals surface area contributed by atoms with Gasteiger partial charge in [0, 0.05) is 12.6 Å². The van der Waals surface area contributed by atoms with Gasteiger partial charge in [-0.15, -0.1) is 0 Å². The molecule has 15 heavy (non-hydrogen) atoms. The van der Waals surface area contributed by atoms with Gasteiger partial charge in [0.25, 0.3) is 0 Å². The van der Waals surface area contributed by atoms with E-state index in [1.807, 2.05) is 6.92 Å². The van der Waals surface area contributed by atoms with E-state index in [9.17, 15) is 5.11 Å². The molecule has 1 aromatic rings. The number of phenolic OH excluding ortho intramolecular Hbond substituents is 1. The molecule has 0 fully saturated rings. The molecule has 4 N–H and O–H groups in total. The monoisotopic (exact) mass is 211 g/mol. The molecule has 1 aromatic carbocycles. The lowest BCUT2D eigenvalue weighted by Crippen LogP contribution is -2.34. The molecule has 0 aromatic heterocycles. The van der Waals surface area contributed by atoms with Gasteiger partial charge in [0.1, 0.15) is 5.75 Å². The maximum atomic E-state index is 9.88. The van der Waals surface area contributed by atoms with Crippen LogP contribution in [0.25, 0.3) is 0 Å². The van der Waals surface area contributed by atoms with Gasteiger partial charge in [0.05, 0.1) is 12.7 Å². The quantitative estimate of drug-likeness (QED) is 0.568. The Morgan fingerprint density at radius 3 is 2.40 bits per heavy atom. The average molecular weight is 211 g/mol. The van der Waals surface area contributed by atoms with Gasteiger partial charge >= 0.3 is 0 Å². The zero-order valence-electron chi connectivity index (χ0n) is 8.72. The number of phenols is 1. The van der Waals surface area contributed by atoms with Crippen molar-refractivity contribution in [3.8, 4) is 5.75 Å². The van der Waals surface area contributed by atoms with Crippen LogP contribution in [-0.2, 0) is 0 Å². The highest BCUT2D eigenvalue weighted by Crippen LogP contribution is 2.19. The second-order valence-electron chi connectivity index (χ2n) is 3.50. The van der Waals surface area contributed by atoms with Crippen molar-refractivity contribution in [3.63, 3.8) is 0 Å². The summed E-state index contributed by atoms with van der Waals surface area (Å²) in [6.07, 6.45) is -0.642. The maximum absolute atomic E-state index is 9.88. The van der Waals surface area contributed by atoms with Gasteiger partial charge in [0.15, 0.2) is 0 Å². The third-order valence-corrected chi connectivity index (χ3v) is 2.29. The summed E-state index contributed by atoms with van der Waals surface area (Å²) in [6, 6.07) is 6.30. The van der Waals surface area contributed by atoms with E-state index in [2.05, 4.69) is 5.32 Å². The largest absolute Gasteiger partial charge is 0.508 e. The Balaban J connectivity index is 2.59. The Labute approximate surface area is 89.2 Å². The van der Waals surface area contributed by atoms with Crippen molar-refractivity contribution in [2.24, 2.45) is 0 Å². The van der Waals surface area contributed by atoms with E-state index in [-0.39, 0.29) is 18.4 Å². The molecule has 0 radical (unpaired) electrons. The molecule has 2 unspecified atom stereocenters. The van der Waals surface area contributed by atoms with Gasteiger partial charge in [-0.3, -0.25) is 0 Å². The minimum absolute atomic E-state index is 0.0483. The van der Waals surface area contributed by atoms with Crippen LogP contribution in [0.3, 0.4) is 0 Å². The molecule has 0 bridgehead atoms. The number of rotatable bonds is 5. The highest BCUT2D eigenvalue weighted by Gasteiger charge is 2.15. The van der Waals surface area contributed by atoms with Crippen LogP contribution >= 0.6 is 0 Å². The minimum atomic E-state index is -0.642. The fourth-order valence-corrected chi connectivity index (χ4v) is 1.36. The molecule has 0 saturated heterocycles. The molecule has 0 spiro atoms. The first-order valence-corrected chi connectivity index (χ1v) is 4.96. The SMILES string of the molecule is CC(NCCO)C(O)c1ccc(O)cc1. The van der Waals surface area contributed by atoms with Crippen LogP contribution in [0.15, 0.2) is 24.3 Å². The van der Waals surface area contributed by atoms with Crippen molar-refractivity contribution in [1.29, 1.82) is 0 Å². The first-order valence-electron chi connectivity index (χ1n) is 4.96. The van der Waals surface area contributed by atoms with Gasteiger partial charge in [0.2, 0.25) is 0 Å². The molecular formula is C11H17NO3. The molecular weight excluding hydrogens is 194 g/mol. The first-order chi connectivity index (χ1) is 7.15. The Morgan fingerprint density at radius 1 is 1.27 bits per heavy atom.